The fourth-order valence-electron chi connectivity index (χ4n) is 1.42. The van der Waals surface area contributed by atoms with E-state index in [9.17, 15) is 0 Å². The van der Waals surface area contributed by atoms with Crippen molar-refractivity contribution < 1.29 is 0 Å². The number of hydrogen-bond donors (Lipinski definition) is 0. The largest absolute Gasteiger partial charge is 0.266 e. The molecule has 0 saturated heterocycles. The number of rotatable bonds is 6. The Hall–Kier alpha value is -1.05. The van der Waals surface area contributed by atoms with Gasteiger partial charge < -0.3 is 0 Å². The molecular weight excluding hydrogens is 160 g/mol. The molecule has 0 atom stereocenters. The van der Waals surface area contributed by atoms with Crippen molar-refractivity contribution in [2.75, 3.05) is 0 Å². The topological polar surface area (TPSA) is 17.8 Å². The third-order valence-corrected chi connectivity index (χ3v) is 2.14. The van der Waals surface area contributed by atoms with E-state index in [-0.39, 0.29) is 0 Å². The maximum Gasteiger partial charge on any atom is 0.0590 e. The lowest BCUT2D eigenvalue weighted by Crippen LogP contribution is -2.02. The molecule has 1 rings (SSSR count). The second-order valence-electron chi connectivity index (χ2n) is 3.25. The number of aryl methyl sites for hydroxylation is 1. The Morgan fingerprint density at radius 1 is 1.54 bits per heavy atom. The van der Waals surface area contributed by atoms with Crippen LogP contribution in [-0.2, 0) is 13.0 Å². The van der Waals surface area contributed by atoms with E-state index in [1.54, 1.807) is 0 Å². The molecule has 2 heteroatoms. The first-order chi connectivity index (χ1) is 6.38. The summed E-state index contributed by atoms with van der Waals surface area (Å²) in [4.78, 5) is 0. The van der Waals surface area contributed by atoms with Crippen LogP contribution in [0.4, 0.5) is 0 Å². The molecule has 0 amide bonds. The van der Waals surface area contributed by atoms with Crippen molar-refractivity contribution in [3.63, 3.8) is 0 Å². The van der Waals surface area contributed by atoms with Gasteiger partial charge in [0.2, 0.25) is 0 Å². The van der Waals surface area contributed by atoms with Gasteiger partial charge >= 0.3 is 0 Å². The van der Waals surface area contributed by atoms with Crippen LogP contribution >= 0.6 is 0 Å². The highest BCUT2D eigenvalue weighted by Gasteiger charge is 1.99. The minimum absolute atomic E-state index is 0.828. The third-order valence-electron chi connectivity index (χ3n) is 2.14. The van der Waals surface area contributed by atoms with Crippen LogP contribution in [0.25, 0.3) is 0 Å². The zero-order valence-corrected chi connectivity index (χ0v) is 8.37. The molecule has 0 aromatic carbocycles. The highest BCUT2D eigenvalue weighted by molar-refractivity contribution is 5.01. The Balaban J connectivity index is 2.44. The molecule has 0 N–H and O–H groups in total. The van der Waals surface area contributed by atoms with Gasteiger partial charge in [0.1, 0.15) is 0 Å². The van der Waals surface area contributed by atoms with Crippen molar-refractivity contribution >= 4 is 0 Å². The van der Waals surface area contributed by atoms with E-state index >= 15 is 0 Å². The lowest BCUT2D eigenvalue weighted by Gasteiger charge is -2.03. The highest BCUT2D eigenvalue weighted by Crippen LogP contribution is 2.06. The first-order valence-corrected chi connectivity index (χ1v) is 5.00. The average Bonchev–Trinajstić information content (AvgIpc) is 2.54. The summed E-state index contributed by atoms with van der Waals surface area (Å²) in [5.41, 5.74) is 1.33. The number of aromatic nitrogens is 2. The number of nitrogens with zero attached hydrogens (tertiary/aromatic N) is 2. The van der Waals surface area contributed by atoms with Crippen molar-refractivity contribution in [2.45, 2.75) is 39.2 Å². The van der Waals surface area contributed by atoms with Gasteiger partial charge in [-0.25, -0.2) is 0 Å². The Morgan fingerprint density at radius 2 is 2.38 bits per heavy atom. The molecule has 0 radical (unpaired) electrons. The summed E-state index contributed by atoms with van der Waals surface area (Å²) in [6.45, 7) is 6.76. The molecule has 1 heterocycles. The first-order valence-electron chi connectivity index (χ1n) is 5.00. The second-order valence-corrected chi connectivity index (χ2v) is 3.25. The summed E-state index contributed by atoms with van der Waals surface area (Å²) in [6, 6.07) is 2.10. The van der Waals surface area contributed by atoms with Crippen LogP contribution < -0.4 is 0 Å². The predicted octanol–water partition coefficient (Wildman–Crippen LogP) is 2.80. The SMILES string of the molecule is C=CCn1nccc1CCCCC. The molecule has 0 saturated carbocycles. The molecule has 0 bridgehead atoms. The summed E-state index contributed by atoms with van der Waals surface area (Å²) < 4.78 is 2.02. The van der Waals surface area contributed by atoms with Crippen LogP contribution in [0.3, 0.4) is 0 Å². The van der Waals surface area contributed by atoms with E-state index in [1.165, 1.54) is 25.0 Å². The summed E-state index contributed by atoms with van der Waals surface area (Å²) in [6.07, 6.45) is 8.73. The van der Waals surface area contributed by atoms with Crippen LogP contribution in [0.15, 0.2) is 24.9 Å². The molecule has 1 aromatic rings. The normalized spacial score (nSPS) is 10.2. The Morgan fingerprint density at radius 3 is 3.08 bits per heavy atom. The van der Waals surface area contributed by atoms with Crippen LogP contribution in [-0.4, -0.2) is 9.78 Å². The smallest absolute Gasteiger partial charge is 0.0590 e. The van der Waals surface area contributed by atoms with Gasteiger partial charge in [-0.05, 0) is 18.9 Å². The van der Waals surface area contributed by atoms with Gasteiger partial charge in [-0.1, -0.05) is 25.8 Å². The predicted molar refractivity (Wildman–Crippen MR) is 55.7 cm³/mol. The lowest BCUT2D eigenvalue weighted by atomic mass is 10.1. The highest BCUT2D eigenvalue weighted by atomic mass is 15.3. The van der Waals surface area contributed by atoms with Gasteiger partial charge in [-0.15, -0.1) is 6.58 Å². The Bertz CT molecular complexity index is 250. The van der Waals surface area contributed by atoms with Crippen molar-refractivity contribution in [2.24, 2.45) is 0 Å². The van der Waals surface area contributed by atoms with E-state index < -0.39 is 0 Å². The van der Waals surface area contributed by atoms with E-state index in [4.69, 9.17) is 0 Å². The van der Waals surface area contributed by atoms with E-state index in [2.05, 4.69) is 24.7 Å². The second kappa shape index (κ2) is 5.57. The molecule has 0 spiro atoms. The van der Waals surface area contributed by atoms with Crippen LogP contribution in [0, 0.1) is 0 Å². The number of allylic oxidation sites excluding steroid dienone is 1. The third kappa shape index (κ3) is 3.05. The zero-order chi connectivity index (χ0) is 9.52. The minimum atomic E-state index is 0.828. The summed E-state index contributed by atoms with van der Waals surface area (Å²) in [7, 11) is 0. The van der Waals surface area contributed by atoms with E-state index in [0.29, 0.717) is 0 Å². The van der Waals surface area contributed by atoms with Crippen LogP contribution in [0.1, 0.15) is 31.9 Å². The summed E-state index contributed by atoms with van der Waals surface area (Å²) in [5, 5.41) is 4.23. The average molecular weight is 178 g/mol. The number of unbranched alkanes of at least 4 members (excludes halogenated alkanes) is 2. The van der Waals surface area contributed by atoms with Crippen LogP contribution in [0.5, 0.6) is 0 Å². The van der Waals surface area contributed by atoms with Gasteiger partial charge in [0.15, 0.2) is 0 Å². The Labute approximate surface area is 80.3 Å². The fourth-order valence-corrected chi connectivity index (χ4v) is 1.42. The van der Waals surface area contributed by atoms with Crippen molar-refractivity contribution in [3.05, 3.63) is 30.6 Å². The molecule has 13 heavy (non-hydrogen) atoms. The van der Waals surface area contributed by atoms with Gasteiger partial charge in [0, 0.05) is 11.9 Å². The quantitative estimate of drug-likeness (QED) is 0.484. The molecule has 72 valence electrons. The Kier molecular flexibility index (Phi) is 4.30. The number of hydrogen-bond acceptors (Lipinski definition) is 1. The van der Waals surface area contributed by atoms with Crippen molar-refractivity contribution in [1.29, 1.82) is 0 Å². The molecule has 0 aliphatic carbocycles. The zero-order valence-electron chi connectivity index (χ0n) is 8.37. The molecule has 0 fully saturated rings. The van der Waals surface area contributed by atoms with E-state index in [1.807, 2.05) is 17.0 Å². The molecule has 0 aliphatic heterocycles. The standard InChI is InChI=1S/C11H18N2/c1-3-5-6-7-11-8-9-12-13(11)10-4-2/h4,8-9H,2-3,5-7,10H2,1H3. The molecule has 0 unspecified atom stereocenters. The monoisotopic (exact) mass is 178 g/mol. The lowest BCUT2D eigenvalue weighted by molar-refractivity contribution is 0.624. The van der Waals surface area contributed by atoms with Crippen LogP contribution in [0.2, 0.25) is 0 Å². The molecule has 1 aromatic heterocycles. The minimum Gasteiger partial charge on any atom is -0.266 e. The fraction of sp³-hybridized carbons (Fsp3) is 0.545. The molecule has 2 nitrogen and oxygen atoms in total. The molecule has 0 aliphatic rings. The van der Waals surface area contributed by atoms with Gasteiger partial charge in [0.05, 0.1) is 6.54 Å². The van der Waals surface area contributed by atoms with Gasteiger partial charge in [0.25, 0.3) is 0 Å². The van der Waals surface area contributed by atoms with Gasteiger partial charge in [-0.2, -0.15) is 5.10 Å². The van der Waals surface area contributed by atoms with Gasteiger partial charge in [-0.3, -0.25) is 4.68 Å². The van der Waals surface area contributed by atoms with Crippen molar-refractivity contribution in [3.8, 4) is 0 Å². The maximum absolute atomic E-state index is 4.23. The summed E-state index contributed by atoms with van der Waals surface area (Å²) >= 11 is 0. The maximum atomic E-state index is 4.23. The molecular formula is C11H18N2. The summed E-state index contributed by atoms with van der Waals surface area (Å²) in [5.74, 6) is 0. The van der Waals surface area contributed by atoms with Crippen molar-refractivity contribution in [1.82, 2.24) is 9.78 Å². The van der Waals surface area contributed by atoms with E-state index in [0.717, 1.165) is 13.0 Å². The first kappa shape index (κ1) is 10.0.